The third-order valence-electron chi connectivity index (χ3n) is 4.27. The Morgan fingerprint density at radius 2 is 1.41 bits per heavy atom. The molecule has 0 unspecified atom stereocenters. The molecule has 2 rings (SSSR count). The van der Waals surface area contributed by atoms with Crippen molar-refractivity contribution in [1.82, 2.24) is 4.90 Å². The van der Waals surface area contributed by atoms with Crippen molar-refractivity contribution >= 4 is 23.5 Å². The van der Waals surface area contributed by atoms with Crippen molar-refractivity contribution in [2.45, 2.75) is 13.8 Å². The summed E-state index contributed by atoms with van der Waals surface area (Å²) in [6.07, 6.45) is 0. The summed E-state index contributed by atoms with van der Waals surface area (Å²) in [5, 5.41) is 0. The van der Waals surface area contributed by atoms with E-state index < -0.39 is 5.97 Å². The van der Waals surface area contributed by atoms with Gasteiger partial charge in [-0.05, 0) is 38.1 Å². The molecule has 0 aromatic heterocycles. The van der Waals surface area contributed by atoms with E-state index in [1.54, 1.807) is 30.1 Å². The van der Waals surface area contributed by atoms with Crippen LogP contribution in [0.15, 0.2) is 54.6 Å². The third-order valence-corrected chi connectivity index (χ3v) is 4.27. The minimum atomic E-state index is -0.694. The highest BCUT2D eigenvalue weighted by atomic mass is 16.5. The minimum Gasteiger partial charge on any atom is -0.452 e. The zero-order chi connectivity index (χ0) is 19.8. The molecule has 6 heteroatoms. The van der Waals surface area contributed by atoms with Gasteiger partial charge in [0.1, 0.15) is 0 Å². The molecule has 0 aliphatic heterocycles. The van der Waals surface area contributed by atoms with E-state index in [-0.39, 0.29) is 29.5 Å². The number of benzene rings is 2. The molecule has 0 aliphatic carbocycles. The molecule has 0 radical (unpaired) electrons. The second-order valence-electron chi connectivity index (χ2n) is 5.89. The Bertz CT molecular complexity index is 801. The van der Waals surface area contributed by atoms with Crippen molar-refractivity contribution in [2.75, 3.05) is 31.6 Å². The number of amides is 2. The van der Waals surface area contributed by atoms with Gasteiger partial charge in [-0.25, -0.2) is 4.79 Å². The van der Waals surface area contributed by atoms with Gasteiger partial charge in [-0.3, -0.25) is 9.59 Å². The molecule has 0 atom stereocenters. The van der Waals surface area contributed by atoms with Crippen LogP contribution in [0.3, 0.4) is 0 Å². The van der Waals surface area contributed by atoms with Crippen LogP contribution < -0.4 is 4.90 Å². The van der Waals surface area contributed by atoms with Gasteiger partial charge in [-0.1, -0.05) is 30.3 Å². The van der Waals surface area contributed by atoms with Gasteiger partial charge < -0.3 is 14.5 Å². The summed E-state index contributed by atoms with van der Waals surface area (Å²) in [6.45, 7) is 4.46. The Balaban J connectivity index is 2.16. The van der Waals surface area contributed by atoms with Crippen molar-refractivity contribution in [3.63, 3.8) is 0 Å². The summed E-state index contributed by atoms with van der Waals surface area (Å²) >= 11 is 0. The summed E-state index contributed by atoms with van der Waals surface area (Å²) in [4.78, 5) is 40.4. The first-order chi connectivity index (χ1) is 13.0. The standard InChI is InChI=1S/C21H24N2O4/c1-4-23(5-2)19(24)15-27-21(26)18-14-10-9-13-17(18)20(25)22(3)16-11-7-6-8-12-16/h6-14H,4-5,15H2,1-3H3. The second kappa shape index (κ2) is 9.52. The summed E-state index contributed by atoms with van der Waals surface area (Å²) in [6, 6.07) is 15.6. The summed E-state index contributed by atoms with van der Waals surface area (Å²) in [5.74, 6) is -1.29. The van der Waals surface area contributed by atoms with Gasteiger partial charge in [0.15, 0.2) is 6.61 Å². The van der Waals surface area contributed by atoms with Crippen LogP contribution in [-0.4, -0.2) is 49.4 Å². The number of ether oxygens (including phenoxy) is 1. The maximum absolute atomic E-state index is 12.9. The molecular formula is C21H24N2O4. The quantitative estimate of drug-likeness (QED) is 0.705. The van der Waals surface area contributed by atoms with E-state index in [0.717, 1.165) is 0 Å². The van der Waals surface area contributed by atoms with E-state index in [4.69, 9.17) is 4.74 Å². The van der Waals surface area contributed by atoms with Gasteiger partial charge in [0.25, 0.3) is 11.8 Å². The molecule has 0 spiro atoms. The van der Waals surface area contributed by atoms with E-state index in [0.29, 0.717) is 18.8 Å². The third kappa shape index (κ3) is 4.94. The van der Waals surface area contributed by atoms with Crippen molar-refractivity contribution in [3.8, 4) is 0 Å². The Morgan fingerprint density at radius 1 is 0.852 bits per heavy atom. The van der Waals surface area contributed by atoms with Gasteiger partial charge in [-0.2, -0.15) is 0 Å². The van der Waals surface area contributed by atoms with E-state index in [1.807, 2.05) is 44.2 Å². The molecule has 0 bridgehead atoms. The zero-order valence-corrected chi connectivity index (χ0v) is 15.8. The Hall–Kier alpha value is -3.15. The number of likely N-dealkylation sites (N-methyl/N-ethyl adjacent to an activating group) is 1. The summed E-state index contributed by atoms with van der Waals surface area (Å²) in [5.41, 5.74) is 1.07. The smallest absolute Gasteiger partial charge is 0.339 e. The predicted octanol–water partition coefficient (Wildman–Crippen LogP) is 2.99. The molecule has 0 N–H and O–H groups in total. The molecule has 6 nitrogen and oxygen atoms in total. The van der Waals surface area contributed by atoms with Crippen LogP contribution in [0, 0.1) is 0 Å². The Kier molecular flexibility index (Phi) is 7.11. The number of esters is 1. The van der Waals surface area contributed by atoms with Crippen molar-refractivity contribution < 1.29 is 19.1 Å². The maximum atomic E-state index is 12.9. The number of rotatable bonds is 7. The largest absolute Gasteiger partial charge is 0.452 e. The predicted molar refractivity (Wildman–Crippen MR) is 104 cm³/mol. The Labute approximate surface area is 159 Å². The molecule has 0 aliphatic rings. The molecule has 142 valence electrons. The Morgan fingerprint density at radius 3 is 2.00 bits per heavy atom. The summed E-state index contributed by atoms with van der Waals surface area (Å²) < 4.78 is 5.15. The van der Waals surface area contributed by atoms with Crippen LogP contribution in [0.25, 0.3) is 0 Å². The van der Waals surface area contributed by atoms with Gasteiger partial charge in [0.05, 0.1) is 11.1 Å². The van der Waals surface area contributed by atoms with Crippen molar-refractivity contribution in [2.24, 2.45) is 0 Å². The average Bonchev–Trinajstić information content (AvgIpc) is 2.72. The number of nitrogens with zero attached hydrogens (tertiary/aromatic N) is 2. The molecule has 27 heavy (non-hydrogen) atoms. The average molecular weight is 368 g/mol. The van der Waals surface area contributed by atoms with E-state index in [1.165, 1.54) is 11.0 Å². The molecular weight excluding hydrogens is 344 g/mol. The zero-order valence-electron chi connectivity index (χ0n) is 15.8. The number of para-hydroxylation sites is 1. The molecule has 0 fully saturated rings. The fraction of sp³-hybridized carbons (Fsp3) is 0.286. The lowest BCUT2D eigenvalue weighted by Gasteiger charge is -2.20. The van der Waals surface area contributed by atoms with Crippen LogP contribution in [0.1, 0.15) is 34.6 Å². The van der Waals surface area contributed by atoms with Crippen molar-refractivity contribution in [3.05, 3.63) is 65.7 Å². The SMILES string of the molecule is CCN(CC)C(=O)COC(=O)c1ccccc1C(=O)N(C)c1ccccc1. The molecule has 2 amide bonds. The fourth-order valence-electron chi connectivity index (χ4n) is 2.67. The van der Waals surface area contributed by atoms with Gasteiger partial charge in [-0.15, -0.1) is 0 Å². The molecule has 2 aromatic rings. The van der Waals surface area contributed by atoms with Gasteiger partial charge in [0, 0.05) is 25.8 Å². The first-order valence-corrected chi connectivity index (χ1v) is 8.86. The van der Waals surface area contributed by atoms with Crippen LogP contribution in [0.4, 0.5) is 5.69 Å². The van der Waals surface area contributed by atoms with Crippen LogP contribution in [0.2, 0.25) is 0 Å². The van der Waals surface area contributed by atoms with Gasteiger partial charge in [0.2, 0.25) is 0 Å². The van der Waals surface area contributed by atoms with Crippen LogP contribution in [-0.2, 0) is 9.53 Å². The number of carbonyl (C=O) groups excluding carboxylic acids is 3. The van der Waals surface area contributed by atoms with E-state index in [2.05, 4.69) is 0 Å². The molecule has 2 aromatic carbocycles. The second-order valence-corrected chi connectivity index (χ2v) is 5.89. The van der Waals surface area contributed by atoms with Crippen LogP contribution >= 0.6 is 0 Å². The highest BCUT2D eigenvalue weighted by molar-refractivity contribution is 6.12. The van der Waals surface area contributed by atoms with Crippen molar-refractivity contribution in [1.29, 1.82) is 0 Å². The monoisotopic (exact) mass is 368 g/mol. The maximum Gasteiger partial charge on any atom is 0.339 e. The highest BCUT2D eigenvalue weighted by Gasteiger charge is 2.22. The van der Waals surface area contributed by atoms with Gasteiger partial charge >= 0.3 is 5.97 Å². The molecule has 0 saturated heterocycles. The highest BCUT2D eigenvalue weighted by Crippen LogP contribution is 2.18. The number of hydrogen-bond donors (Lipinski definition) is 0. The number of hydrogen-bond acceptors (Lipinski definition) is 4. The molecule has 0 heterocycles. The number of anilines is 1. The van der Waals surface area contributed by atoms with Crippen LogP contribution in [0.5, 0.6) is 0 Å². The topological polar surface area (TPSA) is 66.9 Å². The lowest BCUT2D eigenvalue weighted by atomic mass is 10.1. The molecule has 0 saturated carbocycles. The first-order valence-electron chi connectivity index (χ1n) is 8.86. The normalized spacial score (nSPS) is 10.2. The van der Waals surface area contributed by atoms with E-state index >= 15 is 0 Å². The first kappa shape index (κ1) is 20.2. The van der Waals surface area contributed by atoms with E-state index in [9.17, 15) is 14.4 Å². The lowest BCUT2D eigenvalue weighted by Crippen LogP contribution is -2.34. The summed E-state index contributed by atoms with van der Waals surface area (Å²) in [7, 11) is 1.64. The fourth-order valence-corrected chi connectivity index (χ4v) is 2.67. The minimum absolute atomic E-state index is 0.137. The number of carbonyl (C=O) groups is 3. The lowest BCUT2D eigenvalue weighted by molar-refractivity contribution is -0.134.